The first kappa shape index (κ1) is 9.44. The molecule has 1 aromatic heterocycles. The number of rotatable bonds is 4. The fourth-order valence-corrected chi connectivity index (χ4v) is 5.24. The van der Waals surface area contributed by atoms with E-state index in [2.05, 4.69) is 20.8 Å². The molecule has 0 amide bonds. The molecule has 0 unspecified atom stereocenters. The molecule has 0 fully saturated rings. The molecule has 68 valence electrons. The van der Waals surface area contributed by atoms with Crippen molar-refractivity contribution in [1.82, 2.24) is 4.23 Å². The van der Waals surface area contributed by atoms with E-state index >= 15 is 0 Å². The number of aromatic nitrogens is 1. The lowest BCUT2D eigenvalue weighted by Gasteiger charge is -2.23. The minimum absolute atomic E-state index is 0.243. The second-order valence-corrected chi connectivity index (χ2v) is 8.25. The molecular formula is C8H15NO2Si. The summed E-state index contributed by atoms with van der Waals surface area (Å²) in [7, 11) is -1.68. The molecule has 1 rings (SSSR count). The lowest BCUT2D eigenvalue weighted by Crippen LogP contribution is -2.40. The van der Waals surface area contributed by atoms with Gasteiger partial charge in [0.15, 0.2) is 8.24 Å². The first-order valence-electron chi connectivity index (χ1n) is 4.51. The fourth-order valence-electron chi connectivity index (χ4n) is 1.79. The van der Waals surface area contributed by atoms with Crippen LogP contribution < -0.4 is 11.1 Å². The monoisotopic (exact) mass is 185 g/mol. The minimum atomic E-state index is -1.68. The fraction of sp³-hybridized carbons (Fsp3) is 0.750. The van der Waals surface area contributed by atoms with Gasteiger partial charge >= 0.3 is 11.1 Å². The van der Waals surface area contributed by atoms with Gasteiger partial charge in [0, 0.05) is 0 Å². The van der Waals surface area contributed by atoms with E-state index in [0.29, 0.717) is 0 Å². The van der Waals surface area contributed by atoms with Crippen molar-refractivity contribution < 1.29 is 0 Å². The Balaban J connectivity index is 3.03. The zero-order valence-electron chi connectivity index (χ0n) is 7.89. The van der Waals surface area contributed by atoms with E-state index in [1.165, 1.54) is 0 Å². The van der Waals surface area contributed by atoms with Gasteiger partial charge in [-0.15, -0.1) is 0 Å². The van der Waals surface area contributed by atoms with Gasteiger partial charge in [-0.25, -0.2) is 0 Å². The van der Waals surface area contributed by atoms with Crippen molar-refractivity contribution in [3.05, 3.63) is 20.7 Å². The van der Waals surface area contributed by atoms with Gasteiger partial charge in [0.05, 0.1) is 0 Å². The molecule has 0 aliphatic carbocycles. The predicted molar refractivity (Wildman–Crippen MR) is 51.9 cm³/mol. The summed E-state index contributed by atoms with van der Waals surface area (Å²) >= 11 is 0. The summed E-state index contributed by atoms with van der Waals surface area (Å²) in [5.41, 5.74) is -0.487. The minimum Gasteiger partial charge on any atom is -0.295 e. The largest absolute Gasteiger partial charge is 0.310 e. The Hall–Kier alpha value is -0.643. The Labute approximate surface area is 72.8 Å². The van der Waals surface area contributed by atoms with Crippen molar-refractivity contribution in [3.8, 4) is 0 Å². The highest BCUT2D eigenvalue weighted by Crippen LogP contribution is 2.19. The molecule has 0 aliphatic rings. The molecule has 0 bridgehead atoms. The second kappa shape index (κ2) is 3.01. The Bertz CT molecular complexity index is 298. The van der Waals surface area contributed by atoms with Crippen LogP contribution in [0.4, 0.5) is 0 Å². The molecule has 0 saturated carbocycles. The van der Waals surface area contributed by atoms with Gasteiger partial charge in [0.2, 0.25) is 0 Å². The summed E-state index contributed by atoms with van der Waals surface area (Å²) in [4.78, 5) is 21.9. The van der Waals surface area contributed by atoms with E-state index in [1.54, 1.807) is 4.23 Å². The van der Waals surface area contributed by atoms with E-state index in [0.717, 1.165) is 18.1 Å². The third-order valence-electron chi connectivity index (χ3n) is 2.99. The summed E-state index contributed by atoms with van der Waals surface area (Å²) < 4.78 is 1.55. The highest BCUT2D eigenvalue weighted by Gasteiger charge is 2.38. The first-order valence-corrected chi connectivity index (χ1v) is 7.08. The maximum Gasteiger partial charge on any atom is 0.310 e. The maximum absolute atomic E-state index is 11.0. The summed E-state index contributed by atoms with van der Waals surface area (Å²) in [6.45, 7) is 6.24. The molecule has 1 aromatic rings. The summed E-state index contributed by atoms with van der Waals surface area (Å²) in [6.07, 6.45) is 0. The molecule has 4 heteroatoms. The van der Waals surface area contributed by atoms with Crippen molar-refractivity contribution in [3.63, 3.8) is 0 Å². The number of hydrogen-bond donors (Lipinski definition) is 0. The standard InChI is InChI=1S/C8H15NO2Si/c1-4-12(5-2,6-3)9-7(10)8(9)11/h4-6H2,1-3H3. The van der Waals surface area contributed by atoms with Gasteiger partial charge in [-0.1, -0.05) is 20.8 Å². The molecule has 0 spiro atoms. The molecular weight excluding hydrogens is 170 g/mol. The Morgan fingerprint density at radius 1 is 1.00 bits per heavy atom. The smallest absolute Gasteiger partial charge is 0.295 e. The van der Waals surface area contributed by atoms with Crippen LogP contribution in [0.5, 0.6) is 0 Å². The quantitative estimate of drug-likeness (QED) is 0.517. The van der Waals surface area contributed by atoms with Crippen LogP contribution in [-0.4, -0.2) is 12.5 Å². The third kappa shape index (κ3) is 1.10. The van der Waals surface area contributed by atoms with E-state index in [-0.39, 0.29) is 11.1 Å². The van der Waals surface area contributed by atoms with Crippen LogP contribution in [0.2, 0.25) is 18.1 Å². The van der Waals surface area contributed by atoms with Crippen LogP contribution in [0, 0.1) is 0 Å². The van der Waals surface area contributed by atoms with Crippen molar-refractivity contribution in [1.29, 1.82) is 0 Å². The highest BCUT2D eigenvalue weighted by atomic mass is 28.3. The predicted octanol–water partition coefficient (Wildman–Crippen LogP) is 0.937. The van der Waals surface area contributed by atoms with Crippen LogP contribution in [0.15, 0.2) is 9.59 Å². The van der Waals surface area contributed by atoms with Gasteiger partial charge in [-0.2, -0.15) is 0 Å². The molecule has 0 aromatic carbocycles. The average Bonchev–Trinajstić information content (AvgIpc) is 2.67. The van der Waals surface area contributed by atoms with Crippen molar-refractivity contribution in [2.45, 2.75) is 38.9 Å². The topological polar surface area (TPSA) is 39.1 Å². The SMILES string of the molecule is CC[Si](CC)(CC)n1c(=O)c1=O. The zero-order valence-corrected chi connectivity index (χ0v) is 8.89. The Kier molecular flexibility index (Phi) is 2.37. The Morgan fingerprint density at radius 3 is 1.42 bits per heavy atom. The molecule has 0 radical (unpaired) electrons. The third-order valence-corrected chi connectivity index (χ3v) is 8.29. The van der Waals surface area contributed by atoms with Gasteiger partial charge in [0.1, 0.15) is 0 Å². The average molecular weight is 185 g/mol. The lowest BCUT2D eigenvalue weighted by molar-refractivity contribution is 1.05. The van der Waals surface area contributed by atoms with E-state index in [9.17, 15) is 9.59 Å². The lowest BCUT2D eigenvalue weighted by atomic mass is 10.9. The van der Waals surface area contributed by atoms with Crippen molar-refractivity contribution >= 4 is 8.24 Å². The van der Waals surface area contributed by atoms with E-state index in [1.807, 2.05) is 0 Å². The zero-order chi connectivity index (χ0) is 9.35. The summed E-state index contributed by atoms with van der Waals surface area (Å²) in [5.74, 6) is 0. The Morgan fingerprint density at radius 2 is 1.33 bits per heavy atom. The van der Waals surface area contributed by atoms with Crippen molar-refractivity contribution in [2.75, 3.05) is 0 Å². The summed E-state index contributed by atoms with van der Waals surface area (Å²) in [5, 5.41) is 0. The molecule has 0 N–H and O–H groups in total. The summed E-state index contributed by atoms with van der Waals surface area (Å²) in [6, 6.07) is 2.99. The van der Waals surface area contributed by atoms with Gasteiger partial charge in [-0.05, 0) is 18.1 Å². The molecule has 0 atom stereocenters. The molecule has 1 heterocycles. The molecule has 0 saturated heterocycles. The highest BCUT2D eigenvalue weighted by molar-refractivity contribution is 6.78. The van der Waals surface area contributed by atoms with E-state index in [4.69, 9.17) is 0 Å². The number of hydrogen-bond acceptors (Lipinski definition) is 2. The van der Waals surface area contributed by atoms with Gasteiger partial charge in [-0.3, -0.25) is 13.8 Å². The normalized spacial score (nSPS) is 12.6. The second-order valence-electron chi connectivity index (χ2n) is 3.23. The maximum atomic E-state index is 11.0. The first-order chi connectivity index (χ1) is 5.63. The van der Waals surface area contributed by atoms with Crippen LogP contribution in [0.3, 0.4) is 0 Å². The molecule has 3 nitrogen and oxygen atoms in total. The molecule has 0 aliphatic heterocycles. The van der Waals surface area contributed by atoms with Crippen LogP contribution in [0.25, 0.3) is 0 Å². The van der Waals surface area contributed by atoms with Gasteiger partial charge in [0.25, 0.3) is 0 Å². The number of nitrogens with zero attached hydrogens (tertiary/aromatic N) is 1. The van der Waals surface area contributed by atoms with Crippen LogP contribution in [0.1, 0.15) is 20.8 Å². The van der Waals surface area contributed by atoms with Crippen LogP contribution in [-0.2, 0) is 0 Å². The van der Waals surface area contributed by atoms with Gasteiger partial charge < -0.3 is 0 Å². The van der Waals surface area contributed by atoms with Crippen LogP contribution >= 0.6 is 0 Å². The molecule has 12 heavy (non-hydrogen) atoms. The van der Waals surface area contributed by atoms with E-state index < -0.39 is 8.24 Å². The van der Waals surface area contributed by atoms with Crippen molar-refractivity contribution in [2.24, 2.45) is 0 Å².